The van der Waals surface area contributed by atoms with Gasteiger partial charge in [-0.3, -0.25) is 0 Å². The summed E-state index contributed by atoms with van der Waals surface area (Å²) in [4.78, 5) is 11.1. The van der Waals surface area contributed by atoms with Gasteiger partial charge in [-0.25, -0.2) is 4.79 Å². The summed E-state index contributed by atoms with van der Waals surface area (Å²) in [6.07, 6.45) is 3.27. The largest absolute Gasteiger partial charge is 0.456 e. The summed E-state index contributed by atoms with van der Waals surface area (Å²) in [5.41, 5.74) is 0.468. The molecule has 0 heterocycles. The first kappa shape index (κ1) is 6.89. The van der Waals surface area contributed by atoms with Gasteiger partial charge in [0.1, 0.15) is 5.60 Å². The zero-order chi connectivity index (χ0) is 8.06. The van der Waals surface area contributed by atoms with Gasteiger partial charge in [-0.05, 0) is 32.1 Å². The number of esters is 1. The average Bonchev–Trinajstić information content (AvgIpc) is 1.74. The summed E-state index contributed by atoms with van der Waals surface area (Å²) < 4.78 is 5.26. The Kier molecular flexibility index (Phi) is 1.17. The van der Waals surface area contributed by atoms with E-state index in [0.717, 1.165) is 25.2 Å². The molecule has 0 atom stereocenters. The molecule has 0 aromatic rings. The highest BCUT2D eigenvalue weighted by Crippen LogP contribution is 2.59. The number of ether oxygens (including phenoxy) is 1. The maximum absolute atomic E-state index is 11.1. The lowest BCUT2D eigenvalue weighted by atomic mass is 9.52. The van der Waals surface area contributed by atoms with E-state index in [1.54, 1.807) is 6.92 Å². The molecule has 3 fully saturated rings. The first-order valence-electron chi connectivity index (χ1n) is 4.00. The molecule has 0 aromatic carbocycles. The van der Waals surface area contributed by atoms with Crippen LogP contribution in [0.5, 0.6) is 0 Å². The molecule has 2 bridgehead atoms. The van der Waals surface area contributed by atoms with Crippen molar-refractivity contribution in [3.8, 4) is 0 Å². The van der Waals surface area contributed by atoms with Gasteiger partial charge in [0.05, 0.1) is 0 Å². The van der Waals surface area contributed by atoms with Crippen LogP contribution in [-0.2, 0) is 9.53 Å². The standard InChI is InChI=1S/C9H12O2/c1-6(2)8(10)11-9-3-7(4-9)5-9/h7H,1,3-5H2,2H3. The monoisotopic (exact) mass is 152 g/mol. The van der Waals surface area contributed by atoms with E-state index < -0.39 is 0 Å². The minimum Gasteiger partial charge on any atom is -0.456 e. The van der Waals surface area contributed by atoms with E-state index in [2.05, 4.69) is 6.58 Å². The van der Waals surface area contributed by atoms with Crippen LogP contribution >= 0.6 is 0 Å². The molecule has 0 N–H and O–H groups in total. The SMILES string of the molecule is C=C(C)C(=O)OC12CC(C1)C2. The maximum Gasteiger partial charge on any atom is 0.333 e. The quantitative estimate of drug-likeness (QED) is 0.444. The summed E-state index contributed by atoms with van der Waals surface area (Å²) in [7, 11) is 0. The lowest BCUT2D eigenvalue weighted by Gasteiger charge is -2.59. The van der Waals surface area contributed by atoms with E-state index in [4.69, 9.17) is 4.74 Å². The maximum atomic E-state index is 11.1. The van der Waals surface area contributed by atoms with Gasteiger partial charge >= 0.3 is 5.97 Å². The van der Waals surface area contributed by atoms with Gasteiger partial charge in [0.15, 0.2) is 0 Å². The van der Waals surface area contributed by atoms with Crippen LogP contribution in [0.2, 0.25) is 0 Å². The van der Waals surface area contributed by atoms with Gasteiger partial charge in [0.25, 0.3) is 0 Å². The van der Waals surface area contributed by atoms with Gasteiger partial charge in [0.2, 0.25) is 0 Å². The van der Waals surface area contributed by atoms with Crippen LogP contribution in [0.1, 0.15) is 26.2 Å². The van der Waals surface area contributed by atoms with E-state index >= 15 is 0 Å². The van der Waals surface area contributed by atoms with E-state index in [9.17, 15) is 4.79 Å². The van der Waals surface area contributed by atoms with Crippen molar-refractivity contribution in [2.75, 3.05) is 0 Å². The molecule has 60 valence electrons. The fourth-order valence-electron chi connectivity index (χ4n) is 1.81. The third kappa shape index (κ3) is 0.889. The molecule has 0 amide bonds. The lowest BCUT2D eigenvalue weighted by Crippen LogP contribution is -2.60. The van der Waals surface area contributed by atoms with E-state index in [-0.39, 0.29) is 11.6 Å². The number of carbonyl (C=O) groups is 1. The van der Waals surface area contributed by atoms with Crippen molar-refractivity contribution in [2.45, 2.75) is 31.8 Å². The van der Waals surface area contributed by atoms with Crippen molar-refractivity contribution in [3.05, 3.63) is 12.2 Å². The van der Waals surface area contributed by atoms with Crippen LogP contribution < -0.4 is 0 Å². The fourth-order valence-corrected chi connectivity index (χ4v) is 1.81. The number of hydrogen-bond acceptors (Lipinski definition) is 2. The predicted octanol–water partition coefficient (Wildman–Crippen LogP) is 1.66. The van der Waals surface area contributed by atoms with Crippen molar-refractivity contribution in [2.24, 2.45) is 5.92 Å². The summed E-state index contributed by atoms with van der Waals surface area (Å²) in [6, 6.07) is 0. The summed E-state index contributed by atoms with van der Waals surface area (Å²) in [5.74, 6) is 0.635. The minimum absolute atomic E-state index is 0.0410. The van der Waals surface area contributed by atoms with Crippen molar-refractivity contribution in [3.63, 3.8) is 0 Å². The molecule has 3 saturated carbocycles. The Hall–Kier alpha value is -0.790. The van der Waals surface area contributed by atoms with Gasteiger partial charge in [-0.1, -0.05) is 6.58 Å². The average molecular weight is 152 g/mol. The Morgan fingerprint density at radius 3 is 2.36 bits per heavy atom. The number of carbonyl (C=O) groups excluding carboxylic acids is 1. The van der Waals surface area contributed by atoms with Gasteiger partial charge in [-0.2, -0.15) is 0 Å². The molecule has 0 saturated heterocycles. The highest BCUT2D eigenvalue weighted by atomic mass is 16.6. The third-order valence-electron chi connectivity index (χ3n) is 2.64. The zero-order valence-corrected chi connectivity index (χ0v) is 6.72. The molecule has 0 aliphatic heterocycles. The Labute approximate surface area is 66.2 Å². The minimum atomic E-state index is -0.219. The Morgan fingerprint density at radius 1 is 1.55 bits per heavy atom. The molecule has 3 rings (SSSR count). The molecule has 3 aliphatic rings. The summed E-state index contributed by atoms with van der Waals surface area (Å²) in [5, 5.41) is 0. The lowest BCUT2D eigenvalue weighted by molar-refractivity contribution is -0.220. The smallest absolute Gasteiger partial charge is 0.333 e. The second-order valence-electron chi connectivity index (χ2n) is 3.83. The molecular formula is C9H12O2. The third-order valence-corrected chi connectivity index (χ3v) is 2.64. The van der Waals surface area contributed by atoms with Crippen molar-refractivity contribution in [1.29, 1.82) is 0 Å². The number of rotatable bonds is 2. The highest BCUT2D eigenvalue weighted by molar-refractivity contribution is 5.87. The van der Waals surface area contributed by atoms with Crippen LogP contribution in [0, 0.1) is 5.92 Å². The molecule has 11 heavy (non-hydrogen) atoms. The molecule has 0 aromatic heterocycles. The summed E-state index contributed by atoms with van der Waals surface area (Å²) in [6.45, 7) is 5.23. The Balaban J connectivity index is 1.90. The highest BCUT2D eigenvalue weighted by Gasteiger charge is 2.59. The summed E-state index contributed by atoms with van der Waals surface area (Å²) >= 11 is 0. The Morgan fingerprint density at radius 2 is 2.09 bits per heavy atom. The second kappa shape index (κ2) is 1.87. The van der Waals surface area contributed by atoms with Crippen molar-refractivity contribution >= 4 is 5.97 Å². The first-order chi connectivity index (χ1) is 5.11. The van der Waals surface area contributed by atoms with Crippen LogP contribution in [0.25, 0.3) is 0 Å². The molecule has 0 unspecified atom stereocenters. The van der Waals surface area contributed by atoms with Crippen LogP contribution in [0.3, 0.4) is 0 Å². The van der Waals surface area contributed by atoms with Crippen LogP contribution in [0.15, 0.2) is 12.2 Å². The van der Waals surface area contributed by atoms with E-state index in [1.165, 1.54) is 0 Å². The van der Waals surface area contributed by atoms with Gasteiger partial charge in [-0.15, -0.1) is 0 Å². The van der Waals surface area contributed by atoms with Crippen molar-refractivity contribution in [1.82, 2.24) is 0 Å². The van der Waals surface area contributed by atoms with Crippen LogP contribution in [0.4, 0.5) is 0 Å². The van der Waals surface area contributed by atoms with Gasteiger partial charge in [0, 0.05) is 5.57 Å². The molecule has 3 aliphatic carbocycles. The molecule has 2 nitrogen and oxygen atoms in total. The molecule has 0 radical (unpaired) electrons. The topological polar surface area (TPSA) is 26.3 Å². The normalized spacial score (nSPS) is 38.5. The molecular weight excluding hydrogens is 140 g/mol. The first-order valence-corrected chi connectivity index (χ1v) is 4.00. The predicted molar refractivity (Wildman–Crippen MR) is 41.0 cm³/mol. The van der Waals surface area contributed by atoms with Crippen molar-refractivity contribution < 1.29 is 9.53 Å². The fraction of sp³-hybridized carbons (Fsp3) is 0.667. The zero-order valence-electron chi connectivity index (χ0n) is 6.72. The number of hydrogen-bond donors (Lipinski definition) is 0. The Bertz CT molecular complexity index is 213. The van der Waals surface area contributed by atoms with E-state index in [1.807, 2.05) is 0 Å². The van der Waals surface area contributed by atoms with Crippen LogP contribution in [-0.4, -0.2) is 11.6 Å². The van der Waals surface area contributed by atoms with E-state index in [0.29, 0.717) is 5.57 Å². The molecule has 2 heteroatoms. The second-order valence-corrected chi connectivity index (χ2v) is 3.83. The van der Waals surface area contributed by atoms with Gasteiger partial charge < -0.3 is 4.74 Å². The molecule has 0 spiro atoms.